The Morgan fingerprint density at radius 1 is 1.30 bits per heavy atom. The number of benzene rings is 1. The Bertz CT molecular complexity index is 581. The highest BCUT2D eigenvalue weighted by Crippen LogP contribution is 2.23. The highest BCUT2D eigenvalue weighted by atomic mass is 32.2. The second-order valence-corrected chi connectivity index (χ2v) is 6.31. The fourth-order valence-electron chi connectivity index (χ4n) is 2.18. The van der Waals surface area contributed by atoms with Gasteiger partial charge >= 0.3 is 16.3 Å². The SMILES string of the molecule is Cc1ccc(OS(=O)(=O)N2CCCCC2C(=O)O)cc1. The predicted molar refractivity (Wildman–Crippen MR) is 72.7 cm³/mol. The molecule has 2 rings (SSSR count). The third-order valence-corrected chi connectivity index (χ3v) is 4.66. The number of hydrogen-bond acceptors (Lipinski definition) is 4. The lowest BCUT2D eigenvalue weighted by Crippen LogP contribution is -2.49. The number of nitrogens with zero attached hydrogens (tertiary/aromatic N) is 1. The molecule has 0 amide bonds. The highest BCUT2D eigenvalue weighted by Gasteiger charge is 2.38. The topological polar surface area (TPSA) is 83.9 Å². The fraction of sp³-hybridized carbons (Fsp3) is 0.462. The Hall–Kier alpha value is -1.60. The molecule has 6 nitrogen and oxygen atoms in total. The number of hydrogen-bond donors (Lipinski definition) is 1. The molecule has 1 aliphatic heterocycles. The van der Waals surface area contributed by atoms with Crippen LogP contribution in [0.1, 0.15) is 24.8 Å². The van der Waals surface area contributed by atoms with Gasteiger partial charge in [-0.2, -0.15) is 12.7 Å². The van der Waals surface area contributed by atoms with Crippen LogP contribution < -0.4 is 4.18 Å². The van der Waals surface area contributed by atoms with Crippen molar-refractivity contribution < 1.29 is 22.5 Å². The van der Waals surface area contributed by atoms with E-state index < -0.39 is 22.3 Å². The van der Waals surface area contributed by atoms with Gasteiger partial charge in [0.15, 0.2) is 0 Å². The zero-order valence-corrected chi connectivity index (χ0v) is 12.0. The van der Waals surface area contributed by atoms with E-state index in [1.807, 2.05) is 6.92 Å². The van der Waals surface area contributed by atoms with E-state index >= 15 is 0 Å². The summed E-state index contributed by atoms with van der Waals surface area (Å²) in [6.07, 6.45) is 1.65. The quantitative estimate of drug-likeness (QED) is 0.912. The zero-order chi connectivity index (χ0) is 14.8. The molecule has 0 saturated carbocycles. The molecule has 1 N–H and O–H groups in total. The molecule has 1 aromatic rings. The third kappa shape index (κ3) is 3.29. The summed E-state index contributed by atoms with van der Waals surface area (Å²) in [7, 11) is -4.09. The number of aliphatic carboxylic acids is 1. The van der Waals surface area contributed by atoms with Gasteiger partial charge in [-0.3, -0.25) is 4.79 Å². The summed E-state index contributed by atoms with van der Waals surface area (Å²) in [6.45, 7) is 2.05. The Morgan fingerprint density at radius 2 is 1.95 bits per heavy atom. The van der Waals surface area contributed by atoms with Crippen molar-refractivity contribution in [2.45, 2.75) is 32.2 Å². The number of carboxylic acids is 1. The minimum atomic E-state index is -4.09. The molecule has 1 fully saturated rings. The normalized spacial score (nSPS) is 20.6. The molecule has 1 unspecified atom stereocenters. The lowest BCUT2D eigenvalue weighted by Gasteiger charge is -2.30. The van der Waals surface area contributed by atoms with Crippen molar-refractivity contribution in [3.05, 3.63) is 29.8 Å². The molecule has 0 radical (unpaired) electrons. The summed E-state index contributed by atoms with van der Waals surface area (Å²) in [4.78, 5) is 11.1. The first kappa shape index (κ1) is 14.8. The van der Waals surface area contributed by atoms with Gasteiger partial charge in [0.05, 0.1) is 0 Å². The van der Waals surface area contributed by atoms with Crippen molar-refractivity contribution in [2.24, 2.45) is 0 Å². The van der Waals surface area contributed by atoms with Gasteiger partial charge in [0.25, 0.3) is 0 Å². The Balaban J connectivity index is 2.20. The van der Waals surface area contributed by atoms with E-state index in [1.165, 1.54) is 0 Å². The zero-order valence-electron chi connectivity index (χ0n) is 11.2. The summed E-state index contributed by atoms with van der Waals surface area (Å²) in [5.74, 6) is -0.953. The first-order valence-corrected chi connectivity index (χ1v) is 7.77. The number of rotatable bonds is 4. The van der Waals surface area contributed by atoms with Crippen molar-refractivity contribution in [2.75, 3.05) is 6.54 Å². The van der Waals surface area contributed by atoms with Crippen LogP contribution in [0.3, 0.4) is 0 Å². The van der Waals surface area contributed by atoms with E-state index in [0.717, 1.165) is 9.87 Å². The van der Waals surface area contributed by atoms with Gasteiger partial charge in [0.1, 0.15) is 11.8 Å². The maximum Gasteiger partial charge on any atom is 0.385 e. The average molecular weight is 299 g/mol. The number of aryl methyl sites for hydroxylation is 1. The van der Waals surface area contributed by atoms with Crippen LogP contribution >= 0.6 is 0 Å². The van der Waals surface area contributed by atoms with Crippen LogP contribution in [0.15, 0.2) is 24.3 Å². The van der Waals surface area contributed by atoms with Crippen LogP contribution in [0, 0.1) is 6.92 Å². The number of carbonyl (C=O) groups is 1. The van der Waals surface area contributed by atoms with Gasteiger partial charge in [-0.05, 0) is 38.3 Å². The summed E-state index contributed by atoms with van der Waals surface area (Å²) in [5.41, 5.74) is 0.983. The molecule has 0 aliphatic carbocycles. The highest BCUT2D eigenvalue weighted by molar-refractivity contribution is 7.84. The molecule has 7 heteroatoms. The minimum absolute atomic E-state index is 0.172. The fourth-order valence-corrected chi connectivity index (χ4v) is 3.49. The molecule has 1 atom stereocenters. The van der Waals surface area contributed by atoms with Crippen LogP contribution in [0.2, 0.25) is 0 Å². The number of piperidine rings is 1. The Labute approximate surface area is 118 Å². The maximum atomic E-state index is 12.2. The van der Waals surface area contributed by atoms with E-state index in [0.29, 0.717) is 19.3 Å². The third-order valence-electron chi connectivity index (χ3n) is 3.25. The van der Waals surface area contributed by atoms with Gasteiger partial charge < -0.3 is 9.29 Å². The largest absolute Gasteiger partial charge is 0.480 e. The molecule has 110 valence electrons. The Kier molecular flexibility index (Phi) is 4.29. The summed E-state index contributed by atoms with van der Waals surface area (Å²) < 4.78 is 30.3. The minimum Gasteiger partial charge on any atom is -0.480 e. The van der Waals surface area contributed by atoms with Crippen molar-refractivity contribution in [3.63, 3.8) is 0 Å². The van der Waals surface area contributed by atoms with Gasteiger partial charge in [-0.1, -0.05) is 17.7 Å². The average Bonchev–Trinajstić information content (AvgIpc) is 2.41. The molecular formula is C13H17NO5S. The van der Waals surface area contributed by atoms with Gasteiger partial charge in [0, 0.05) is 6.54 Å². The monoisotopic (exact) mass is 299 g/mol. The van der Waals surface area contributed by atoms with Crippen LogP contribution in [0.25, 0.3) is 0 Å². The summed E-state index contributed by atoms with van der Waals surface area (Å²) in [5, 5.41) is 9.11. The lowest BCUT2D eigenvalue weighted by atomic mass is 10.1. The van der Waals surface area contributed by atoms with Crippen molar-refractivity contribution >= 4 is 16.3 Å². The maximum absolute atomic E-state index is 12.2. The molecule has 0 aromatic heterocycles. The van der Waals surface area contributed by atoms with Crippen LogP contribution in [0.4, 0.5) is 0 Å². The summed E-state index contributed by atoms with van der Waals surface area (Å²) >= 11 is 0. The second-order valence-electron chi connectivity index (χ2n) is 4.81. The molecule has 20 heavy (non-hydrogen) atoms. The van der Waals surface area contributed by atoms with E-state index in [-0.39, 0.29) is 12.3 Å². The van der Waals surface area contributed by atoms with Gasteiger partial charge in [0.2, 0.25) is 0 Å². The smallest absolute Gasteiger partial charge is 0.385 e. The van der Waals surface area contributed by atoms with Crippen LogP contribution in [-0.2, 0) is 15.1 Å². The van der Waals surface area contributed by atoms with Crippen LogP contribution in [-0.4, -0.2) is 36.4 Å². The molecular weight excluding hydrogens is 282 g/mol. The first-order valence-electron chi connectivity index (χ1n) is 6.41. The Morgan fingerprint density at radius 3 is 2.55 bits per heavy atom. The van der Waals surface area contributed by atoms with E-state index in [4.69, 9.17) is 9.29 Å². The number of carboxylic acid groups (broad SMARTS) is 1. The molecule has 1 aromatic carbocycles. The van der Waals surface area contributed by atoms with E-state index in [1.54, 1.807) is 24.3 Å². The van der Waals surface area contributed by atoms with Crippen molar-refractivity contribution in [3.8, 4) is 5.75 Å². The molecule has 1 saturated heterocycles. The molecule has 1 heterocycles. The van der Waals surface area contributed by atoms with E-state index in [2.05, 4.69) is 0 Å². The lowest BCUT2D eigenvalue weighted by molar-refractivity contribution is -0.142. The molecule has 0 bridgehead atoms. The second kappa shape index (κ2) is 5.80. The van der Waals surface area contributed by atoms with Gasteiger partial charge in [-0.25, -0.2) is 0 Å². The first-order chi connectivity index (χ1) is 9.40. The van der Waals surface area contributed by atoms with Crippen LogP contribution in [0.5, 0.6) is 5.75 Å². The molecule has 1 aliphatic rings. The molecule has 0 spiro atoms. The summed E-state index contributed by atoms with van der Waals surface area (Å²) in [6, 6.07) is 5.52. The predicted octanol–water partition coefficient (Wildman–Crippen LogP) is 1.56. The standard InChI is InChI=1S/C13H17NO5S/c1-10-5-7-11(8-6-10)19-20(17,18)14-9-3-2-4-12(14)13(15)16/h5-8,12H,2-4,9H2,1H3,(H,15,16). The van der Waals surface area contributed by atoms with Crippen molar-refractivity contribution in [1.29, 1.82) is 0 Å². The van der Waals surface area contributed by atoms with E-state index in [9.17, 15) is 13.2 Å². The van der Waals surface area contributed by atoms with Gasteiger partial charge in [-0.15, -0.1) is 0 Å². The van der Waals surface area contributed by atoms with Crippen molar-refractivity contribution in [1.82, 2.24) is 4.31 Å².